The van der Waals surface area contributed by atoms with Gasteiger partial charge in [0.05, 0.1) is 17.7 Å². The van der Waals surface area contributed by atoms with Crippen molar-refractivity contribution in [1.29, 1.82) is 0 Å². The molecule has 0 spiro atoms. The zero-order valence-electron chi connectivity index (χ0n) is 14.1. The molecule has 2 rings (SSSR count). The first kappa shape index (κ1) is 18.1. The second-order valence-corrected chi connectivity index (χ2v) is 5.94. The number of hydrogen-bond acceptors (Lipinski definition) is 3. The Labute approximate surface area is 147 Å². The molecule has 0 aliphatic heterocycles. The van der Waals surface area contributed by atoms with Crippen LogP contribution < -0.4 is 10.1 Å². The molecule has 1 unspecified atom stereocenters. The summed E-state index contributed by atoms with van der Waals surface area (Å²) in [5, 5.41) is 12.9. The van der Waals surface area contributed by atoms with Crippen LogP contribution in [0.25, 0.3) is 0 Å². The standard InChI is InChI=1S/C19H22ClNO3/c1-4-13-6-8-14(9-7-13)12(3)21-19(23)15-10-16(20)18(22)17(11-15)24-5-2/h6-12,22H,4-5H2,1-3H3,(H,21,23). The van der Waals surface area contributed by atoms with Gasteiger partial charge >= 0.3 is 0 Å². The fraction of sp³-hybridized carbons (Fsp3) is 0.316. The van der Waals surface area contributed by atoms with Crippen LogP contribution in [0.1, 0.15) is 48.3 Å². The highest BCUT2D eigenvalue weighted by Crippen LogP contribution is 2.35. The number of rotatable bonds is 6. The van der Waals surface area contributed by atoms with Crippen molar-refractivity contribution in [3.8, 4) is 11.5 Å². The Morgan fingerprint density at radius 1 is 1.25 bits per heavy atom. The van der Waals surface area contributed by atoms with E-state index in [4.69, 9.17) is 16.3 Å². The monoisotopic (exact) mass is 347 g/mol. The molecule has 0 saturated carbocycles. The van der Waals surface area contributed by atoms with E-state index in [1.807, 2.05) is 19.1 Å². The molecule has 0 heterocycles. The number of phenols is 1. The maximum Gasteiger partial charge on any atom is 0.251 e. The molecule has 2 aromatic carbocycles. The van der Waals surface area contributed by atoms with Crippen molar-refractivity contribution in [3.63, 3.8) is 0 Å². The van der Waals surface area contributed by atoms with Gasteiger partial charge in [0, 0.05) is 5.56 Å². The lowest BCUT2D eigenvalue weighted by Gasteiger charge is -2.16. The van der Waals surface area contributed by atoms with Crippen LogP contribution in [0.3, 0.4) is 0 Å². The Kier molecular flexibility index (Phi) is 6.10. The summed E-state index contributed by atoms with van der Waals surface area (Å²) in [7, 11) is 0. The molecule has 1 amide bonds. The van der Waals surface area contributed by atoms with Crippen LogP contribution in [0, 0.1) is 0 Å². The van der Waals surface area contributed by atoms with Gasteiger partial charge in [-0.15, -0.1) is 0 Å². The molecule has 0 aliphatic carbocycles. The number of phenolic OH excluding ortho intramolecular Hbond substituents is 1. The SMILES string of the molecule is CCOc1cc(C(=O)NC(C)c2ccc(CC)cc2)cc(Cl)c1O. The molecule has 0 aromatic heterocycles. The minimum atomic E-state index is -0.273. The summed E-state index contributed by atoms with van der Waals surface area (Å²) in [6, 6.07) is 10.9. The Balaban J connectivity index is 2.16. The van der Waals surface area contributed by atoms with Gasteiger partial charge in [-0.3, -0.25) is 4.79 Å². The van der Waals surface area contributed by atoms with Crippen molar-refractivity contribution in [2.75, 3.05) is 6.61 Å². The predicted octanol–water partition coefficient (Wildman–Crippen LogP) is 4.50. The number of carbonyl (C=O) groups is 1. The van der Waals surface area contributed by atoms with Crippen LogP contribution in [0.2, 0.25) is 5.02 Å². The van der Waals surface area contributed by atoms with Crippen molar-refractivity contribution in [2.45, 2.75) is 33.2 Å². The minimum Gasteiger partial charge on any atom is -0.503 e. The molecular weight excluding hydrogens is 326 g/mol. The molecule has 2 aromatic rings. The van der Waals surface area contributed by atoms with Crippen LogP contribution in [0.15, 0.2) is 36.4 Å². The third-order valence-corrected chi connectivity index (χ3v) is 4.11. The van der Waals surface area contributed by atoms with Gasteiger partial charge < -0.3 is 15.2 Å². The number of amides is 1. The normalized spacial score (nSPS) is 11.8. The summed E-state index contributed by atoms with van der Waals surface area (Å²) in [6.45, 7) is 6.19. The van der Waals surface area contributed by atoms with Crippen LogP contribution in [0.4, 0.5) is 0 Å². The molecule has 24 heavy (non-hydrogen) atoms. The Hall–Kier alpha value is -2.20. The molecule has 0 bridgehead atoms. The quantitative estimate of drug-likeness (QED) is 0.809. The summed E-state index contributed by atoms with van der Waals surface area (Å²) in [5.74, 6) is -0.224. The zero-order chi connectivity index (χ0) is 17.7. The van der Waals surface area contributed by atoms with E-state index in [1.54, 1.807) is 6.92 Å². The topological polar surface area (TPSA) is 58.6 Å². The Morgan fingerprint density at radius 3 is 2.50 bits per heavy atom. The van der Waals surface area contributed by atoms with E-state index in [1.165, 1.54) is 17.7 Å². The number of nitrogens with one attached hydrogen (secondary N) is 1. The van der Waals surface area contributed by atoms with Gasteiger partial charge in [-0.1, -0.05) is 42.8 Å². The van der Waals surface area contributed by atoms with Crippen molar-refractivity contribution >= 4 is 17.5 Å². The van der Waals surface area contributed by atoms with E-state index in [-0.39, 0.29) is 28.5 Å². The van der Waals surface area contributed by atoms with Gasteiger partial charge in [0.15, 0.2) is 11.5 Å². The predicted molar refractivity (Wildman–Crippen MR) is 96.0 cm³/mol. The van der Waals surface area contributed by atoms with Crippen molar-refractivity contribution in [3.05, 3.63) is 58.1 Å². The van der Waals surface area contributed by atoms with Crippen molar-refractivity contribution < 1.29 is 14.6 Å². The lowest BCUT2D eigenvalue weighted by Crippen LogP contribution is -2.26. The fourth-order valence-electron chi connectivity index (χ4n) is 2.38. The molecule has 0 radical (unpaired) electrons. The average molecular weight is 348 g/mol. The maximum absolute atomic E-state index is 12.5. The molecule has 128 valence electrons. The van der Waals surface area contributed by atoms with E-state index in [0.29, 0.717) is 12.2 Å². The van der Waals surface area contributed by atoms with Crippen LogP contribution >= 0.6 is 11.6 Å². The number of halogens is 1. The Morgan fingerprint density at radius 2 is 1.92 bits per heavy atom. The molecule has 4 nitrogen and oxygen atoms in total. The molecule has 0 fully saturated rings. The lowest BCUT2D eigenvalue weighted by atomic mass is 10.0. The first-order chi connectivity index (χ1) is 11.5. The van der Waals surface area contributed by atoms with Gasteiger partial charge in [-0.05, 0) is 43.5 Å². The van der Waals surface area contributed by atoms with Gasteiger partial charge in [0.1, 0.15) is 0 Å². The summed E-state index contributed by atoms with van der Waals surface area (Å²) < 4.78 is 5.31. The number of ether oxygens (including phenoxy) is 1. The van der Waals surface area contributed by atoms with Crippen LogP contribution in [0.5, 0.6) is 11.5 Å². The van der Waals surface area contributed by atoms with E-state index >= 15 is 0 Å². The van der Waals surface area contributed by atoms with Crippen molar-refractivity contribution in [2.24, 2.45) is 0 Å². The molecular formula is C19H22ClNO3. The third kappa shape index (κ3) is 4.20. The number of aryl methyl sites for hydroxylation is 1. The van der Waals surface area contributed by atoms with E-state index in [2.05, 4.69) is 24.4 Å². The summed E-state index contributed by atoms with van der Waals surface area (Å²) in [4.78, 5) is 12.5. The molecule has 0 saturated heterocycles. The highest BCUT2D eigenvalue weighted by atomic mass is 35.5. The average Bonchev–Trinajstić information content (AvgIpc) is 2.58. The smallest absolute Gasteiger partial charge is 0.251 e. The van der Waals surface area contributed by atoms with Crippen LogP contribution in [-0.2, 0) is 6.42 Å². The second-order valence-electron chi connectivity index (χ2n) is 5.53. The molecule has 5 heteroatoms. The third-order valence-electron chi connectivity index (χ3n) is 3.83. The first-order valence-corrected chi connectivity index (χ1v) is 8.39. The number of carbonyl (C=O) groups excluding carboxylic acids is 1. The minimum absolute atomic E-state index is 0.0889. The van der Waals surface area contributed by atoms with Gasteiger partial charge in [0.2, 0.25) is 0 Å². The zero-order valence-corrected chi connectivity index (χ0v) is 14.9. The highest BCUT2D eigenvalue weighted by molar-refractivity contribution is 6.32. The van der Waals surface area contributed by atoms with Crippen molar-refractivity contribution in [1.82, 2.24) is 5.32 Å². The van der Waals surface area contributed by atoms with Gasteiger partial charge in [-0.25, -0.2) is 0 Å². The molecule has 1 atom stereocenters. The first-order valence-electron chi connectivity index (χ1n) is 8.01. The fourth-order valence-corrected chi connectivity index (χ4v) is 2.59. The molecule has 0 aliphatic rings. The van der Waals surface area contributed by atoms with Gasteiger partial charge in [-0.2, -0.15) is 0 Å². The number of hydrogen-bond donors (Lipinski definition) is 2. The molecule has 2 N–H and O–H groups in total. The number of aromatic hydroxyl groups is 1. The Bertz CT molecular complexity index is 713. The van der Waals surface area contributed by atoms with Crippen LogP contribution in [-0.4, -0.2) is 17.6 Å². The summed E-state index contributed by atoms with van der Waals surface area (Å²) in [6.07, 6.45) is 0.979. The summed E-state index contributed by atoms with van der Waals surface area (Å²) >= 11 is 5.98. The largest absolute Gasteiger partial charge is 0.503 e. The maximum atomic E-state index is 12.5. The number of benzene rings is 2. The van der Waals surface area contributed by atoms with Gasteiger partial charge in [0.25, 0.3) is 5.91 Å². The highest BCUT2D eigenvalue weighted by Gasteiger charge is 2.16. The van der Waals surface area contributed by atoms with E-state index in [9.17, 15) is 9.90 Å². The lowest BCUT2D eigenvalue weighted by molar-refractivity contribution is 0.0939. The second kappa shape index (κ2) is 8.06. The van der Waals surface area contributed by atoms with E-state index in [0.717, 1.165) is 12.0 Å². The summed E-state index contributed by atoms with van der Waals surface area (Å²) in [5.41, 5.74) is 2.62. The van der Waals surface area contributed by atoms with E-state index < -0.39 is 0 Å².